The zero-order chi connectivity index (χ0) is 14.1. The molecule has 0 fully saturated rings. The molecule has 0 atom stereocenters. The van der Waals surface area contributed by atoms with E-state index in [9.17, 15) is 4.79 Å². The average molecular weight is 271 g/mol. The highest BCUT2D eigenvalue weighted by Crippen LogP contribution is 2.30. The first-order chi connectivity index (χ1) is 9.65. The number of aryl methyl sites for hydroxylation is 2. The van der Waals surface area contributed by atoms with Crippen molar-refractivity contribution < 1.29 is 4.79 Å². The van der Waals surface area contributed by atoms with Crippen molar-refractivity contribution in [1.29, 1.82) is 0 Å². The maximum atomic E-state index is 12.5. The van der Waals surface area contributed by atoms with Gasteiger partial charge in [-0.25, -0.2) is 9.67 Å². The molecule has 0 unspecified atom stereocenters. The molecule has 2 heterocycles. The fourth-order valence-electron chi connectivity index (χ4n) is 2.71. The van der Waals surface area contributed by atoms with Crippen LogP contribution in [-0.4, -0.2) is 27.2 Å². The summed E-state index contributed by atoms with van der Waals surface area (Å²) in [6, 6.07) is 6.17. The van der Waals surface area contributed by atoms with Crippen molar-refractivity contribution in [1.82, 2.24) is 14.8 Å². The number of anilines is 2. The molecule has 6 nitrogen and oxygen atoms in total. The molecule has 0 bridgehead atoms. The number of carbonyl (C=O) groups is 1. The zero-order valence-electron chi connectivity index (χ0n) is 11.4. The van der Waals surface area contributed by atoms with Gasteiger partial charge < -0.3 is 10.6 Å². The van der Waals surface area contributed by atoms with Crippen LogP contribution in [0.1, 0.15) is 17.5 Å². The number of nitrogens with two attached hydrogens (primary N) is 1. The Labute approximate surface area is 117 Å². The summed E-state index contributed by atoms with van der Waals surface area (Å²) >= 11 is 0. The Bertz CT molecular complexity index is 649. The first-order valence-corrected chi connectivity index (χ1v) is 6.69. The van der Waals surface area contributed by atoms with E-state index in [1.807, 2.05) is 24.0 Å². The summed E-state index contributed by atoms with van der Waals surface area (Å²) in [5.41, 5.74) is 8.89. The van der Waals surface area contributed by atoms with E-state index in [1.165, 1.54) is 16.6 Å². The summed E-state index contributed by atoms with van der Waals surface area (Å²) in [7, 11) is 0. The molecule has 0 saturated carbocycles. The van der Waals surface area contributed by atoms with Crippen molar-refractivity contribution in [2.75, 3.05) is 17.2 Å². The first-order valence-electron chi connectivity index (χ1n) is 6.69. The van der Waals surface area contributed by atoms with Crippen LogP contribution in [0.2, 0.25) is 0 Å². The molecule has 0 radical (unpaired) electrons. The van der Waals surface area contributed by atoms with Gasteiger partial charge in [0.1, 0.15) is 12.9 Å². The number of rotatable bonds is 2. The molecule has 1 aromatic heterocycles. The van der Waals surface area contributed by atoms with Gasteiger partial charge in [0.2, 0.25) is 11.9 Å². The molecule has 0 aliphatic carbocycles. The Morgan fingerprint density at radius 2 is 2.30 bits per heavy atom. The van der Waals surface area contributed by atoms with Gasteiger partial charge in [0.15, 0.2) is 0 Å². The molecule has 104 valence electrons. The summed E-state index contributed by atoms with van der Waals surface area (Å²) in [5.74, 6) is 0.207. The third-order valence-corrected chi connectivity index (χ3v) is 3.57. The number of hydrogen-bond acceptors (Lipinski definition) is 4. The summed E-state index contributed by atoms with van der Waals surface area (Å²) in [4.78, 5) is 18.2. The quantitative estimate of drug-likeness (QED) is 0.888. The van der Waals surface area contributed by atoms with Crippen LogP contribution in [0.4, 0.5) is 11.6 Å². The van der Waals surface area contributed by atoms with E-state index >= 15 is 0 Å². The van der Waals surface area contributed by atoms with Crippen molar-refractivity contribution in [3.8, 4) is 0 Å². The molecule has 1 amide bonds. The maximum Gasteiger partial charge on any atom is 0.248 e. The minimum absolute atomic E-state index is 0.0187. The molecule has 2 aromatic rings. The lowest BCUT2D eigenvalue weighted by Gasteiger charge is -2.31. The van der Waals surface area contributed by atoms with E-state index in [0.717, 1.165) is 30.6 Å². The number of para-hydroxylation sites is 1. The molecule has 3 rings (SSSR count). The van der Waals surface area contributed by atoms with Crippen LogP contribution < -0.4 is 10.6 Å². The van der Waals surface area contributed by atoms with Gasteiger partial charge in [-0.1, -0.05) is 18.2 Å². The Kier molecular flexibility index (Phi) is 3.14. The topological polar surface area (TPSA) is 77.0 Å². The maximum absolute atomic E-state index is 12.5. The van der Waals surface area contributed by atoms with Gasteiger partial charge in [0.25, 0.3) is 0 Å². The van der Waals surface area contributed by atoms with E-state index < -0.39 is 0 Å². The second-order valence-corrected chi connectivity index (χ2v) is 5.03. The van der Waals surface area contributed by atoms with Crippen LogP contribution in [-0.2, 0) is 17.8 Å². The Hall–Kier alpha value is -2.37. The predicted octanol–water partition coefficient (Wildman–Crippen LogP) is 1.15. The highest BCUT2D eigenvalue weighted by atomic mass is 16.2. The van der Waals surface area contributed by atoms with Gasteiger partial charge >= 0.3 is 0 Å². The molecule has 2 N–H and O–H groups in total. The normalized spacial score (nSPS) is 14.2. The van der Waals surface area contributed by atoms with Gasteiger partial charge in [0.05, 0.1) is 0 Å². The van der Waals surface area contributed by atoms with Crippen molar-refractivity contribution in [3.05, 3.63) is 35.7 Å². The van der Waals surface area contributed by atoms with E-state index in [-0.39, 0.29) is 18.4 Å². The third kappa shape index (κ3) is 2.24. The molecule has 20 heavy (non-hydrogen) atoms. The second kappa shape index (κ2) is 4.96. The highest BCUT2D eigenvalue weighted by molar-refractivity contribution is 5.95. The molecule has 1 aliphatic heterocycles. The van der Waals surface area contributed by atoms with Crippen LogP contribution in [0.3, 0.4) is 0 Å². The number of amides is 1. The number of benzene rings is 1. The summed E-state index contributed by atoms with van der Waals surface area (Å²) in [5, 5.41) is 3.96. The number of aromatic nitrogens is 3. The summed E-state index contributed by atoms with van der Waals surface area (Å²) in [6.07, 6.45) is 3.49. The van der Waals surface area contributed by atoms with Gasteiger partial charge in [-0.05, 0) is 30.9 Å². The second-order valence-electron chi connectivity index (χ2n) is 5.03. The van der Waals surface area contributed by atoms with Gasteiger partial charge in [-0.3, -0.25) is 4.79 Å². The van der Waals surface area contributed by atoms with Crippen molar-refractivity contribution in [2.24, 2.45) is 0 Å². The summed E-state index contributed by atoms with van der Waals surface area (Å²) < 4.78 is 1.48. The molecule has 0 spiro atoms. The summed E-state index contributed by atoms with van der Waals surface area (Å²) in [6.45, 7) is 2.96. The predicted molar refractivity (Wildman–Crippen MR) is 76.3 cm³/mol. The fraction of sp³-hybridized carbons (Fsp3) is 0.357. The lowest BCUT2D eigenvalue weighted by molar-refractivity contribution is -0.119. The van der Waals surface area contributed by atoms with Gasteiger partial charge in [0, 0.05) is 12.2 Å². The van der Waals surface area contributed by atoms with E-state index in [4.69, 9.17) is 5.73 Å². The standard InChI is InChI=1S/C14H17N5O/c1-10-4-2-5-11-6-3-7-19(13(10)11)12(20)8-18-9-16-14(15)17-18/h2,4-5,9H,3,6-8H2,1H3,(H2,15,17). The number of hydrogen-bond donors (Lipinski definition) is 1. The molecule has 0 saturated heterocycles. The Morgan fingerprint density at radius 3 is 3.05 bits per heavy atom. The van der Waals surface area contributed by atoms with Crippen LogP contribution in [0.5, 0.6) is 0 Å². The number of fused-ring (bicyclic) bond motifs is 1. The largest absolute Gasteiger partial charge is 0.367 e. The van der Waals surface area contributed by atoms with Crippen LogP contribution in [0.25, 0.3) is 0 Å². The minimum atomic E-state index is 0.0187. The van der Waals surface area contributed by atoms with Gasteiger partial charge in [-0.2, -0.15) is 0 Å². The Morgan fingerprint density at radius 1 is 1.45 bits per heavy atom. The molecule has 1 aromatic carbocycles. The molecule has 6 heteroatoms. The Balaban J connectivity index is 1.87. The lowest BCUT2D eigenvalue weighted by Crippen LogP contribution is -2.38. The van der Waals surface area contributed by atoms with E-state index in [2.05, 4.69) is 16.1 Å². The van der Waals surface area contributed by atoms with E-state index in [1.54, 1.807) is 0 Å². The zero-order valence-corrected chi connectivity index (χ0v) is 11.4. The number of nitrogens with zero attached hydrogens (tertiary/aromatic N) is 4. The SMILES string of the molecule is Cc1cccc2c1N(C(=O)Cn1cnc(N)n1)CCC2. The monoisotopic (exact) mass is 271 g/mol. The smallest absolute Gasteiger partial charge is 0.248 e. The van der Waals surface area contributed by atoms with Crippen molar-refractivity contribution in [2.45, 2.75) is 26.3 Å². The number of nitrogen functional groups attached to an aromatic ring is 1. The molecular formula is C14H17N5O. The first kappa shape index (κ1) is 12.7. The van der Waals surface area contributed by atoms with Crippen LogP contribution in [0.15, 0.2) is 24.5 Å². The lowest BCUT2D eigenvalue weighted by atomic mass is 9.98. The number of carbonyl (C=O) groups excluding carboxylic acids is 1. The van der Waals surface area contributed by atoms with Crippen LogP contribution >= 0.6 is 0 Å². The van der Waals surface area contributed by atoms with Crippen LogP contribution in [0, 0.1) is 6.92 Å². The van der Waals surface area contributed by atoms with Crippen molar-refractivity contribution in [3.63, 3.8) is 0 Å². The fourth-order valence-corrected chi connectivity index (χ4v) is 2.71. The average Bonchev–Trinajstić information content (AvgIpc) is 2.84. The minimum Gasteiger partial charge on any atom is -0.367 e. The molecular weight excluding hydrogens is 254 g/mol. The molecule has 1 aliphatic rings. The van der Waals surface area contributed by atoms with Gasteiger partial charge in [-0.15, -0.1) is 5.10 Å². The highest BCUT2D eigenvalue weighted by Gasteiger charge is 2.24. The van der Waals surface area contributed by atoms with E-state index in [0.29, 0.717) is 0 Å². The van der Waals surface area contributed by atoms with Crippen molar-refractivity contribution >= 4 is 17.5 Å². The third-order valence-electron chi connectivity index (χ3n) is 3.57.